The summed E-state index contributed by atoms with van der Waals surface area (Å²) in [7, 11) is 0. The molecule has 1 aliphatic carbocycles. The fourth-order valence-corrected chi connectivity index (χ4v) is 4.56. The molecule has 0 aromatic heterocycles. The number of rotatable bonds is 6. The van der Waals surface area contributed by atoms with Gasteiger partial charge >= 0.3 is 0 Å². The number of amides is 2. The standard InChI is InChI=1S/C19H34N4O3/c1-2-26-16-9-10-21-17(16)19(25)23-11-3-4-15(23)18(24)22-12-13-5-7-14(20)8-6-13/h13-17,21H,2-12,20H2,1H3,(H,22,24)/t13?,14?,15-,16+,17+/m0/s1. The van der Waals surface area contributed by atoms with Gasteiger partial charge in [-0.2, -0.15) is 0 Å². The number of nitrogens with zero attached hydrogens (tertiary/aromatic N) is 1. The Bertz CT molecular complexity index is 493. The summed E-state index contributed by atoms with van der Waals surface area (Å²) in [5, 5.41) is 6.35. The smallest absolute Gasteiger partial charge is 0.243 e. The number of nitrogens with one attached hydrogen (secondary N) is 2. The largest absolute Gasteiger partial charge is 0.376 e. The maximum atomic E-state index is 13.0. The predicted octanol–water partition coefficient (Wildman–Crippen LogP) is 0.378. The molecule has 0 spiro atoms. The van der Waals surface area contributed by atoms with Crippen LogP contribution in [0.1, 0.15) is 51.9 Å². The molecule has 3 atom stereocenters. The van der Waals surface area contributed by atoms with Gasteiger partial charge in [0.2, 0.25) is 11.8 Å². The van der Waals surface area contributed by atoms with E-state index < -0.39 is 0 Å². The Balaban J connectivity index is 1.52. The first kappa shape index (κ1) is 19.6. The summed E-state index contributed by atoms with van der Waals surface area (Å²) < 4.78 is 5.71. The molecule has 3 aliphatic rings. The molecule has 0 aromatic carbocycles. The van der Waals surface area contributed by atoms with Crippen LogP contribution < -0.4 is 16.4 Å². The monoisotopic (exact) mass is 366 g/mol. The minimum Gasteiger partial charge on any atom is -0.376 e. The van der Waals surface area contributed by atoms with E-state index in [1.54, 1.807) is 4.90 Å². The van der Waals surface area contributed by atoms with Gasteiger partial charge in [-0.1, -0.05) is 0 Å². The van der Waals surface area contributed by atoms with E-state index in [0.29, 0.717) is 31.7 Å². The Morgan fingerprint density at radius 3 is 2.69 bits per heavy atom. The van der Waals surface area contributed by atoms with E-state index in [9.17, 15) is 9.59 Å². The lowest BCUT2D eigenvalue weighted by molar-refractivity contribution is -0.142. The molecule has 7 nitrogen and oxygen atoms in total. The van der Waals surface area contributed by atoms with Crippen molar-refractivity contribution in [2.45, 2.75) is 76.1 Å². The van der Waals surface area contributed by atoms with Gasteiger partial charge in [-0.25, -0.2) is 0 Å². The summed E-state index contributed by atoms with van der Waals surface area (Å²) in [6.45, 7) is 4.70. The number of hydrogen-bond acceptors (Lipinski definition) is 5. The Labute approximate surface area is 156 Å². The van der Waals surface area contributed by atoms with Crippen molar-refractivity contribution in [1.29, 1.82) is 0 Å². The first-order valence-electron chi connectivity index (χ1n) is 10.3. The predicted molar refractivity (Wildman–Crippen MR) is 99.5 cm³/mol. The van der Waals surface area contributed by atoms with Gasteiger partial charge in [0.05, 0.1) is 6.10 Å². The second-order valence-corrected chi connectivity index (χ2v) is 7.93. The van der Waals surface area contributed by atoms with Crippen LogP contribution in [0.4, 0.5) is 0 Å². The molecule has 148 valence electrons. The molecule has 0 bridgehead atoms. The first-order valence-corrected chi connectivity index (χ1v) is 10.3. The van der Waals surface area contributed by atoms with Crippen LogP contribution in [0.2, 0.25) is 0 Å². The molecule has 0 radical (unpaired) electrons. The SMILES string of the molecule is CCO[C@@H]1CCN[C@H]1C(=O)N1CCC[C@H]1C(=O)NCC1CCC(N)CC1. The van der Waals surface area contributed by atoms with Gasteiger partial charge in [0.15, 0.2) is 0 Å². The van der Waals surface area contributed by atoms with Crippen LogP contribution in [0.15, 0.2) is 0 Å². The molecule has 2 aliphatic heterocycles. The summed E-state index contributed by atoms with van der Waals surface area (Å²) >= 11 is 0. The van der Waals surface area contributed by atoms with Crippen molar-refractivity contribution in [3.05, 3.63) is 0 Å². The van der Waals surface area contributed by atoms with Crippen molar-refractivity contribution in [1.82, 2.24) is 15.5 Å². The lowest BCUT2D eigenvalue weighted by Gasteiger charge is -2.30. The van der Waals surface area contributed by atoms with Crippen LogP contribution in [0, 0.1) is 5.92 Å². The van der Waals surface area contributed by atoms with Crippen LogP contribution in [-0.2, 0) is 14.3 Å². The van der Waals surface area contributed by atoms with Gasteiger partial charge in [-0.3, -0.25) is 9.59 Å². The van der Waals surface area contributed by atoms with Crippen molar-refractivity contribution in [2.75, 3.05) is 26.2 Å². The van der Waals surface area contributed by atoms with E-state index in [2.05, 4.69) is 10.6 Å². The van der Waals surface area contributed by atoms with Crippen LogP contribution >= 0.6 is 0 Å². The zero-order valence-electron chi connectivity index (χ0n) is 15.9. The van der Waals surface area contributed by atoms with E-state index in [1.165, 1.54) is 0 Å². The number of carbonyl (C=O) groups is 2. The van der Waals surface area contributed by atoms with Gasteiger partial charge in [-0.15, -0.1) is 0 Å². The fraction of sp³-hybridized carbons (Fsp3) is 0.895. The molecular formula is C19H34N4O3. The highest BCUT2D eigenvalue weighted by Gasteiger charge is 2.41. The molecule has 0 aromatic rings. The molecule has 3 fully saturated rings. The average Bonchev–Trinajstić information content (AvgIpc) is 3.30. The molecule has 26 heavy (non-hydrogen) atoms. The summed E-state index contributed by atoms with van der Waals surface area (Å²) in [4.78, 5) is 27.5. The number of carbonyl (C=O) groups excluding carboxylic acids is 2. The zero-order chi connectivity index (χ0) is 18.5. The van der Waals surface area contributed by atoms with E-state index >= 15 is 0 Å². The Hall–Kier alpha value is -1.18. The molecule has 2 amide bonds. The molecular weight excluding hydrogens is 332 g/mol. The highest BCUT2D eigenvalue weighted by atomic mass is 16.5. The van der Waals surface area contributed by atoms with Crippen molar-refractivity contribution < 1.29 is 14.3 Å². The highest BCUT2D eigenvalue weighted by Crippen LogP contribution is 2.24. The van der Waals surface area contributed by atoms with E-state index in [4.69, 9.17) is 10.5 Å². The minimum atomic E-state index is -0.335. The van der Waals surface area contributed by atoms with Gasteiger partial charge in [0.25, 0.3) is 0 Å². The molecule has 0 unspecified atom stereocenters. The number of nitrogens with two attached hydrogens (primary N) is 1. The summed E-state index contributed by atoms with van der Waals surface area (Å²) in [6.07, 6.45) is 6.64. The third-order valence-corrected chi connectivity index (χ3v) is 6.11. The van der Waals surface area contributed by atoms with Gasteiger partial charge in [-0.05, 0) is 64.3 Å². The van der Waals surface area contributed by atoms with Crippen molar-refractivity contribution in [3.63, 3.8) is 0 Å². The van der Waals surface area contributed by atoms with Crippen molar-refractivity contribution in [3.8, 4) is 0 Å². The molecule has 2 heterocycles. The van der Waals surface area contributed by atoms with E-state index in [-0.39, 0.29) is 30.0 Å². The average molecular weight is 367 g/mol. The van der Waals surface area contributed by atoms with Crippen LogP contribution in [0.25, 0.3) is 0 Å². The zero-order valence-corrected chi connectivity index (χ0v) is 15.9. The van der Waals surface area contributed by atoms with Crippen LogP contribution in [0.5, 0.6) is 0 Å². The van der Waals surface area contributed by atoms with Gasteiger partial charge in [0, 0.05) is 25.7 Å². The second-order valence-electron chi connectivity index (χ2n) is 7.93. The molecule has 4 N–H and O–H groups in total. The van der Waals surface area contributed by atoms with Crippen molar-refractivity contribution in [2.24, 2.45) is 11.7 Å². The lowest BCUT2D eigenvalue weighted by atomic mass is 9.86. The summed E-state index contributed by atoms with van der Waals surface area (Å²) in [5.74, 6) is 0.530. The lowest BCUT2D eigenvalue weighted by Crippen LogP contribution is -2.54. The molecule has 3 rings (SSSR count). The molecule has 2 saturated heterocycles. The van der Waals surface area contributed by atoms with E-state index in [1.807, 2.05) is 6.92 Å². The van der Waals surface area contributed by atoms with Gasteiger partial charge in [0.1, 0.15) is 12.1 Å². The third kappa shape index (κ3) is 4.56. The fourth-order valence-electron chi connectivity index (χ4n) is 4.56. The van der Waals surface area contributed by atoms with Crippen molar-refractivity contribution >= 4 is 11.8 Å². The summed E-state index contributed by atoms with van der Waals surface area (Å²) in [5.41, 5.74) is 5.95. The number of hydrogen-bond donors (Lipinski definition) is 3. The van der Waals surface area contributed by atoms with E-state index in [0.717, 1.165) is 51.5 Å². The Kier molecular flexibility index (Phi) is 6.89. The Morgan fingerprint density at radius 1 is 1.19 bits per heavy atom. The second kappa shape index (κ2) is 9.15. The van der Waals surface area contributed by atoms with Gasteiger partial charge < -0.3 is 26.0 Å². The minimum absolute atomic E-state index is 0.00308. The maximum absolute atomic E-state index is 13.0. The topological polar surface area (TPSA) is 96.7 Å². The third-order valence-electron chi connectivity index (χ3n) is 6.11. The molecule has 7 heteroatoms. The quantitative estimate of drug-likeness (QED) is 0.631. The first-order chi connectivity index (χ1) is 12.6. The maximum Gasteiger partial charge on any atom is 0.243 e. The Morgan fingerprint density at radius 2 is 1.96 bits per heavy atom. The highest BCUT2D eigenvalue weighted by molar-refractivity contribution is 5.90. The number of ether oxygens (including phenoxy) is 1. The summed E-state index contributed by atoms with van der Waals surface area (Å²) in [6, 6.07) is -0.330. The number of likely N-dealkylation sites (tertiary alicyclic amines) is 1. The molecule has 1 saturated carbocycles. The normalized spacial score (nSPS) is 34.8. The van der Waals surface area contributed by atoms with Crippen LogP contribution in [-0.4, -0.2) is 67.2 Å². The van der Waals surface area contributed by atoms with Crippen LogP contribution in [0.3, 0.4) is 0 Å².